The third-order valence-electron chi connectivity index (χ3n) is 5.11. The van der Waals surface area contributed by atoms with Gasteiger partial charge in [0.05, 0.1) is 29.3 Å². The van der Waals surface area contributed by atoms with Gasteiger partial charge < -0.3 is 5.73 Å². The zero-order valence-corrected chi connectivity index (χ0v) is 15.0. The number of nitrogens with zero attached hydrogens (tertiary/aromatic N) is 2. The maximum Gasteiger partial charge on any atom is 0.419 e. The number of carbonyl (C=O) groups is 1. The number of aldehydes is 1. The van der Waals surface area contributed by atoms with Crippen molar-refractivity contribution in [1.82, 2.24) is 9.78 Å². The Kier molecular flexibility index (Phi) is 4.91. The number of nitrogen functional groups attached to an aromatic ring is 1. The van der Waals surface area contributed by atoms with Crippen molar-refractivity contribution in [1.29, 1.82) is 0 Å². The minimum atomic E-state index is -4.89. The van der Waals surface area contributed by atoms with E-state index in [9.17, 15) is 35.5 Å². The van der Waals surface area contributed by atoms with Gasteiger partial charge in [-0.05, 0) is 36.0 Å². The molecule has 11 heteroatoms. The molecule has 1 atom stereocenters. The first-order chi connectivity index (χ1) is 13.3. The number of hydrogen-bond acceptors (Lipinski definition) is 3. The highest BCUT2D eigenvalue weighted by Gasteiger charge is 2.49. The predicted octanol–water partition coefficient (Wildman–Crippen LogP) is 4.93. The van der Waals surface area contributed by atoms with Crippen LogP contribution in [0.25, 0.3) is 0 Å². The van der Waals surface area contributed by atoms with Gasteiger partial charge >= 0.3 is 12.4 Å². The van der Waals surface area contributed by atoms with Crippen LogP contribution in [0.2, 0.25) is 0 Å². The second-order valence-corrected chi connectivity index (χ2v) is 7.39. The quantitative estimate of drug-likeness (QED) is 0.548. The predicted molar refractivity (Wildman–Crippen MR) is 88.7 cm³/mol. The Labute approximate surface area is 160 Å². The van der Waals surface area contributed by atoms with Crippen molar-refractivity contribution < 1.29 is 35.5 Å². The van der Waals surface area contributed by atoms with E-state index in [0.29, 0.717) is 25.0 Å². The molecule has 1 aromatic carbocycles. The maximum atomic E-state index is 14.1. The van der Waals surface area contributed by atoms with E-state index in [-0.39, 0.29) is 17.7 Å². The molecule has 1 aliphatic carbocycles. The van der Waals surface area contributed by atoms with Gasteiger partial charge in [0.1, 0.15) is 11.6 Å². The number of nitrogens with two attached hydrogens (primary N) is 1. The van der Waals surface area contributed by atoms with Crippen LogP contribution in [0.3, 0.4) is 0 Å². The van der Waals surface area contributed by atoms with Gasteiger partial charge in [-0.25, -0.2) is 9.07 Å². The molecule has 1 saturated carbocycles. The molecule has 3 rings (SSSR count). The number of rotatable bonds is 5. The van der Waals surface area contributed by atoms with Crippen LogP contribution in [0.5, 0.6) is 0 Å². The molecule has 0 bridgehead atoms. The molecule has 0 aliphatic heterocycles. The molecule has 1 heterocycles. The smallest absolute Gasteiger partial charge is 0.383 e. The molecule has 0 saturated heterocycles. The lowest BCUT2D eigenvalue weighted by molar-refractivity contribution is -0.140. The topological polar surface area (TPSA) is 60.9 Å². The van der Waals surface area contributed by atoms with Crippen molar-refractivity contribution >= 4 is 12.1 Å². The van der Waals surface area contributed by atoms with Gasteiger partial charge in [0, 0.05) is 0 Å². The van der Waals surface area contributed by atoms with Gasteiger partial charge in [0.15, 0.2) is 6.29 Å². The van der Waals surface area contributed by atoms with Crippen molar-refractivity contribution in [2.24, 2.45) is 5.41 Å². The summed E-state index contributed by atoms with van der Waals surface area (Å²) in [5, 5.41) is 3.85. The molecule has 2 aromatic rings. The highest BCUT2D eigenvalue weighted by molar-refractivity contribution is 5.83. The summed E-state index contributed by atoms with van der Waals surface area (Å²) in [7, 11) is 0. The Hall–Kier alpha value is -2.59. The maximum absolute atomic E-state index is 14.1. The lowest BCUT2D eigenvalue weighted by atomic mass is 9.91. The summed E-state index contributed by atoms with van der Waals surface area (Å²) in [6.07, 6.45) is -9.74. The molecule has 1 fully saturated rings. The molecule has 0 amide bonds. The molecule has 158 valence electrons. The van der Waals surface area contributed by atoms with Crippen molar-refractivity contribution in [2.75, 3.05) is 5.73 Å². The van der Waals surface area contributed by atoms with Crippen molar-refractivity contribution in [2.45, 2.75) is 44.6 Å². The highest BCUT2D eigenvalue weighted by Crippen LogP contribution is 2.57. The first-order valence-electron chi connectivity index (χ1n) is 8.52. The Morgan fingerprint density at radius 3 is 2.31 bits per heavy atom. The van der Waals surface area contributed by atoms with Crippen LogP contribution in [0, 0.1) is 11.2 Å². The van der Waals surface area contributed by atoms with Crippen LogP contribution in [-0.4, -0.2) is 22.2 Å². The molecule has 1 aliphatic rings. The van der Waals surface area contributed by atoms with Crippen LogP contribution in [0.15, 0.2) is 18.2 Å². The monoisotopic (exact) mass is 423 g/mol. The molecule has 1 aromatic heterocycles. The number of hydrogen-bond donors (Lipinski definition) is 1. The summed E-state index contributed by atoms with van der Waals surface area (Å²) in [5.74, 6) is -1.86. The Morgan fingerprint density at radius 2 is 1.86 bits per heavy atom. The Morgan fingerprint density at radius 1 is 1.24 bits per heavy atom. The van der Waals surface area contributed by atoms with E-state index in [1.54, 1.807) is 6.92 Å². The van der Waals surface area contributed by atoms with Gasteiger partial charge in [-0.3, -0.25) is 4.79 Å². The Balaban J connectivity index is 2.13. The molecular weight excluding hydrogens is 407 g/mol. The molecule has 4 nitrogen and oxygen atoms in total. The summed E-state index contributed by atoms with van der Waals surface area (Å²) >= 11 is 0. The number of benzene rings is 1. The van der Waals surface area contributed by atoms with E-state index in [2.05, 4.69) is 5.10 Å². The largest absolute Gasteiger partial charge is 0.419 e. The number of anilines is 1. The molecule has 2 N–H and O–H groups in total. The van der Waals surface area contributed by atoms with Gasteiger partial charge in [-0.1, -0.05) is 13.0 Å². The second kappa shape index (κ2) is 6.74. The second-order valence-electron chi connectivity index (χ2n) is 7.39. The van der Waals surface area contributed by atoms with E-state index < -0.39 is 52.9 Å². The average Bonchev–Trinajstić information content (AvgIpc) is 3.22. The number of halogens is 7. The first kappa shape index (κ1) is 21.1. The fourth-order valence-corrected chi connectivity index (χ4v) is 3.40. The summed E-state index contributed by atoms with van der Waals surface area (Å²) in [4.78, 5) is 11.3. The zero-order chi connectivity index (χ0) is 21.8. The summed E-state index contributed by atoms with van der Waals surface area (Å²) < 4.78 is 92.1. The van der Waals surface area contributed by atoms with Gasteiger partial charge in [-0.2, -0.15) is 31.4 Å². The summed E-state index contributed by atoms with van der Waals surface area (Å²) in [6, 6.07) is 1.37. The lowest BCUT2D eigenvalue weighted by Crippen LogP contribution is -2.23. The summed E-state index contributed by atoms with van der Waals surface area (Å²) in [6.45, 7) is 1.73. The number of aromatic nitrogens is 2. The van der Waals surface area contributed by atoms with Crippen molar-refractivity contribution in [3.63, 3.8) is 0 Å². The fourth-order valence-electron chi connectivity index (χ4n) is 3.40. The summed E-state index contributed by atoms with van der Waals surface area (Å²) in [5.41, 5.74) is 2.83. The molecule has 0 radical (unpaired) electrons. The van der Waals surface area contributed by atoms with Gasteiger partial charge in [-0.15, -0.1) is 0 Å². The third kappa shape index (κ3) is 4.08. The fraction of sp³-hybridized carbons (Fsp3) is 0.444. The standard InChI is InChI=1S/C18H16F7N3O/c1-16(4-5-16)14(9-2-3-11(12(19)6-9)18(23,24)25)28-15(26)10(8-29)13(27-28)7-17(20,21)22/h2-3,6,8,14H,4-5,7,26H2,1H3. The van der Waals surface area contributed by atoms with Gasteiger partial charge in [0.25, 0.3) is 0 Å². The first-order valence-corrected chi connectivity index (χ1v) is 8.52. The third-order valence-corrected chi connectivity index (χ3v) is 5.11. The van der Waals surface area contributed by atoms with Crippen LogP contribution < -0.4 is 5.73 Å². The average molecular weight is 423 g/mol. The zero-order valence-electron chi connectivity index (χ0n) is 15.0. The van der Waals surface area contributed by atoms with E-state index in [1.807, 2.05) is 0 Å². The van der Waals surface area contributed by atoms with Crippen molar-refractivity contribution in [3.8, 4) is 0 Å². The number of alkyl halides is 6. The molecule has 29 heavy (non-hydrogen) atoms. The highest BCUT2D eigenvalue weighted by atomic mass is 19.4. The van der Waals surface area contributed by atoms with E-state index in [0.717, 1.165) is 10.7 Å². The van der Waals surface area contributed by atoms with Gasteiger partial charge in [0.2, 0.25) is 0 Å². The van der Waals surface area contributed by atoms with Crippen LogP contribution in [-0.2, 0) is 12.6 Å². The SMILES string of the molecule is CC1(C(c2ccc(C(F)(F)F)c(F)c2)n2nc(CC(F)(F)F)c(C=O)c2N)CC1. The van der Waals surface area contributed by atoms with Crippen LogP contribution in [0.4, 0.5) is 36.6 Å². The molecule has 1 unspecified atom stereocenters. The van der Waals surface area contributed by atoms with Crippen molar-refractivity contribution in [3.05, 3.63) is 46.4 Å². The normalized spacial score (nSPS) is 17.2. The Bertz CT molecular complexity index is 942. The van der Waals surface area contributed by atoms with E-state index >= 15 is 0 Å². The minimum absolute atomic E-state index is 0.0701. The minimum Gasteiger partial charge on any atom is -0.383 e. The molecule has 0 spiro atoms. The van der Waals surface area contributed by atoms with E-state index in [1.165, 1.54) is 0 Å². The number of carbonyl (C=O) groups excluding carboxylic acids is 1. The van der Waals surface area contributed by atoms with Crippen LogP contribution >= 0.6 is 0 Å². The lowest BCUT2D eigenvalue weighted by Gasteiger charge is -2.26. The molecular formula is C18H16F7N3O. The van der Waals surface area contributed by atoms with E-state index in [4.69, 9.17) is 5.73 Å². The van der Waals surface area contributed by atoms with Crippen LogP contribution in [0.1, 0.15) is 53.0 Å².